The highest BCUT2D eigenvalue weighted by Gasteiger charge is 2.42. The van der Waals surface area contributed by atoms with Crippen molar-refractivity contribution in [3.63, 3.8) is 0 Å². The second kappa shape index (κ2) is 8.65. The van der Waals surface area contributed by atoms with Crippen LogP contribution < -0.4 is 14.2 Å². The lowest BCUT2D eigenvalue weighted by Crippen LogP contribution is -2.41. The van der Waals surface area contributed by atoms with Gasteiger partial charge < -0.3 is 9.47 Å². The molecule has 1 aromatic heterocycles. The molecule has 3 aromatic rings. The summed E-state index contributed by atoms with van der Waals surface area (Å²) >= 11 is 0. The standard InChI is InChI=1S/C26H29N3O5S/c1-17(30)29-12-9-21-19(3-2-4-23(21)29)16-28-11-10-22(27-35(31,32)20-6-7-20)26(28)18-5-8-24-25(15-18)34-14-13-33-24/h2-5,8-9,12,15,20,22,26-27H,6-7,10-11,13-14,16H2,1H3/t22-,26+/m0/s1. The average Bonchev–Trinajstić information content (AvgIpc) is 3.52. The summed E-state index contributed by atoms with van der Waals surface area (Å²) < 4.78 is 41.9. The van der Waals surface area contributed by atoms with Crippen molar-refractivity contribution in [3.05, 3.63) is 59.8 Å². The van der Waals surface area contributed by atoms with Crippen LogP contribution in [0.2, 0.25) is 0 Å². The molecule has 0 amide bonds. The third kappa shape index (κ3) is 4.22. The van der Waals surface area contributed by atoms with E-state index in [9.17, 15) is 13.2 Å². The highest BCUT2D eigenvalue weighted by atomic mass is 32.2. The van der Waals surface area contributed by atoms with Crippen molar-refractivity contribution in [2.45, 2.75) is 50.1 Å². The molecule has 1 saturated carbocycles. The zero-order chi connectivity index (χ0) is 24.2. The number of benzene rings is 2. The van der Waals surface area contributed by atoms with Crippen molar-refractivity contribution >= 4 is 26.8 Å². The van der Waals surface area contributed by atoms with E-state index in [2.05, 4.69) is 15.7 Å². The van der Waals surface area contributed by atoms with Gasteiger partial charge in [0.05, 0.1) is 16.8 Å². The number of hydrogen-bond donors (Lipinski definition) is 1. The van der Waals surface area contributed by atoms with Crippen LogP contribution in [0.15, 0.2) is 48.7 Å². The highest BCUT2D eigenvalue weighted by molar-refractivity contribution is 7.90. The van der Waals surface area contributed by atoms with Gasteiger partial charge in [0.15, 0.2) is 11.5 Å². The minimum absolute atomic E-state index is 0.0259. The van der Waals surface area contributed by atoms with E-state index in [4.69, 9.17) is 9.47 Å². The van der Waals surface area contributed by atoms with Crippen molar-refractivity contribution < 1.29 is 22.7 Å². The average molecular weight is 496 g/mol. The number of fused-ring (bicyclic) bond motifs is 2. The molecule has 1 N–H and O–H groups in total. The van der Waals surface area contributed by atoms with Crippen LogP contribution in [0, 0.1) is 0 Å². The molecular weight excluding hydrogens is 466 g/mol. The Morgan fingerprint density at radius 3 is 2.63 bits per heavy atom. The normalized spacial score (nSPS) is 22.5. The predicted molar refractivity (Wildman–Crippen MR) is 132 cm³/mol. The van der Waals surface area contributed by atoms with E-state index in [-0.39, 0.29) is 23.2 Å². The minimum Gasteiger partial charge on any atom is -0.486 e. The second-order valence-electron chi connectivity index (χ2n) is 9.63. The van der Waals surface area contributed by atoms with Crippen LogP contribution in [0.1, 0.15) is 48.1 Å². The van der Waals surface area contributed by atoms with Crippen LogP contribution in [-0.4, -0.2) is 54.8 Å². The van der Waals surface area contributed by atoms with E-state index in [1.54, 1.807) is 11.5 Å². The smallest absolute Gasteiger partial charge is 0.227 e. The van der Waals surface area contributed by atoms with Gasteiger partial charge in [0, 0.05) is 37.6 Å². The molecule has 1 aliphatic carbocycles. The summed E-state index contributed by atoms with van der Waals surface area (Å²) in [5, 5.41) is 0.767. The molecule has 184 valence electrons. The Morgan fingerprint density at radius 2 is 1.86 bits per heavy atom. The largest absolute Gasteiger partial charge is 0.486 e. The van der Waals surface area contributed by atoms with Crippen molar-refractivity contribution in [1.29, 1.82) is 0 Å². The molecular formula is C26H29N3O5S. The van der Waals surface area contributed by atoms with Crippen molar-refractivity contribution in [2.75, 3.05) is 19.8 Å². The van der Waals surface area contributed by atoms with Gasteiger partial charge in [-0.25, -0.2) is 13.1 Å². The van der Waals surface area contributed by atoms with E-state index < -0.39 is 10.0 Å². The predicted octanol–water partition coefficient (Wildman–Crippen LogP) is 3.47. The summed E-state index contributed by atoms with van der Waals surface area (Å²) in [6.45, 7) is 3.97. The number of nitrogens with one attached hydrogen (secondary N) is 1. The van der Waals surface area contributed by atoms with Gasteiger partial charge in [-0.3, -0.25) is 14.3 Å². The molecule has 3 aliphatic rings. The summed E-state index contributed by atoms with van der Waals surface area (Å²) in [5.74, 6) is 1.39. The maximum atomic E-state index is 12.9. The van der Waals surface area contributed by atoms with Crippen LogP contribution in [0.25, 0.3) is 10.9 Å². The van der Waals surface area contributed by atoms with Crippen LogP contribution in [0.3, 0.4) is 0 Å². The number of rotatable bonds is 6. The quantitative estimate of drug-likeness (QED) is 0.563. The third-order valence-corrected chi connectivity index (χ3v) is 9.20. The minimum atomic E-state index is -3.34. The van der Waals surface area contributed by atoms with E-state index in [1.807, 2.05) is 42.6 Å². The third-order valence-electron chi connectivity index (χ3n) is 7.22. The topological polar surface area (TPSA) is 89.9 Å². The fourth-order valence-corrected chi connectivity index (χ4v) is 7.01. The molecule has 3 heterocycles. The van der Waals surface area contributed by atoms with E-state index in [1.165, 1.54) is 0 Å². The first-order valence-corrected chi connectivity index (χ1v) is 13.7. The number of carbonyl (C=O) groups excluding carboxylic acids is 1. The van der Waals surface area contributed by atoms with Crippen LogP contribution in [-0.2, 0) is 16.6 Å². The van der Waals surface area contributed by atoms with E-state index in [0.717, 1.165) is 53.6 Å². The lowest BCUT2D eigenvalue weighted by molar-refractivity contribution is 0.0941. The zero-order valence-electron chi connectivity index (χ0n) is 19.6. The van der Waals surface area contributed by atoms with Crippen molar-refractivity contribution in [2.24, 2.45) is 0 Å². The fourth-order valence-electron chi connectivity index (χ4n) is 5.39. The highest BCUT2D eigenvalue weighted by Crippen LogP contribution is 2.40. The lowest BCUT2D eigenvalue weighted by Gasteiger charge is -2.30. The summed E-state index contributed by atoms with van der Waals surface area (Å²) in [6.07, 6.45) is 3.99. The van der Waals surface area contributed by atoms with Crippen molar-refractivity contribution in [1.82, 2.24) is 14.2 Å². The lowest BCUT2D eigenvalue weighted by atomic mass is 9.99. The summed E-state index contributed by atoms with van der Waals surface area (Å²) in [7, 11) is -3.34. The number of aromatic nitrogens is 1. The molecule has 2 atom stereocenters. The van der Waals surface area contributed by atoms with Crippen molar-refractivity contribution in [3.8, 4) is 11.5 Å². The SMILES string of the molecule is CC(=O)n1ccc2c(CN3CC[C@H](NS(=O)(=O)C4CC4)[C@H]3c3ccc4c(c3)OCCO4)cccc21. The first-order chi connectivity index (χ1) is 16.9. The zero-order valence-corrected chi connectivity index (χ0v) is 20.5. The number of carbonyl (C=O) groups is 1. The molecule has 6 rings (SSSR count). The Balaban J connectivity index is 1.35. The van der Waals surface area contributed by atoms with E-state index in [0.29, 0.717) is 25.5 Å². The van der Waals surface area contributed by atoms with Gasteiger partial charge in [0.1, 0.15) is 13.2 Å². The van der Waals surface area contributed by atoms with Gasteiger partial charge in [0.25, 0.3) is 0 Å². The Hall–Kier alpha value is -2.88. The van der Waals surface area contributed by atoms with E-state index >= 15 is 0 Å². The molecule has 2 aromatic carbocycles. The monoisotopic (exact) mass is 495 g/mol. The van der Waals surface area contributed by atoms with Gasteiger partial charge in [-0.05, 0) is 54.7 Å². The molecule has 0 bridgehead atoms. The van der Waals surface area contributed by atoms with Crippen LogP contribution in [0.5, 0.6) is 11.5 Å². The molecule has 0 radical (unpaired) electrons. The van der Waals surface area contributed by atoms with Gasteiger partial charge in [-0.2, -0.15) is 0 Å². The van der Waals surface area contributed by atoms with Gasteiger partial charge >= 0.3 is 0 Å². The molecule has 9 heteroatoms. The second-order valence-corrected chi connectivity index (χ2v) is 11.6. The molecule has 35 heavy (non-hydrogen) atoms. The summed E-state index contributed by atoms with van der Waals surface area (Å²) in [4.78, 5) is 14.4. The van der Waals surface area contributed by atoms with Gasteiger partial charge in [-0.15, -0.1) is 0 Å². The van der Waals surface area contributed by atoms with Gasteiger partial charge in [-0.1, -0.05) is 18.2 Å². The molecule has 0 unspecified atom stereocenters. The Bertz CT molecular complexity index is 1400. The number of ether oxygens (including phenoxy) is 2. The fraction of sp³-hybridized carbons (Fsp3) is 0.423. The Labute approximate surface area is 204 Å². The Morgan fingerprint density at radius 1 is 1.06 bits per heavy atom. The summed E-state index contributed by atoms with van der Waals surface area (Å²) in [5.41, 5.74) is 3.00. The number of likely N-dealkylation sites (tertiary alicyclic amines) is 1. The summed E-state index contributed by atoms with van der Waals surface area (Å²) in [6, 6.07) is 13.5. The molecule has 0 spiro atoms. The van der Waals surface area contributed by atoms with Gasteiger partial charge in [0.2, 0.25) is 15.9 Å². The molecule has 2 aliphatic heterocycles. The number of hydrogen-bond acceptors (Lipinski definition) is 6. The molecule has 2 fully saturated rings. The first kappa shape index (κ1) is 22.6. The maximum Gasteiger partial charge on any atom is 0.227 e. The van der Waals surface area contributed by atoms with Crippen LogP contribution >= 0.6 is 0 Å². The number of nitrogens with zero attached hydrogens (tertiary/aromatic N) is 2. The number of sulfonamides is 1. The maximum absolute atomic E-state index is 12.9. The van der Waals surface area contributed by atoms with Crippen LogP contribution in [0.4, 0.5) is 0 Å². The first-order valence-electron chi connectivity index (χ1n) is 12.2. The Kier molecular flexibility index (Phi) is 5.58. The molecule has 1 saturated heterocycles. The molecule has 8 nitrogen and oxygen atoms in total.